The van der Waals surface area contributed by atoms with Crippen molar-refractivity contribution in [2.45, 2.75) is 19.4 Å². The summed E-state index contributed by atoms with van der Waals surface area (Å²) in [6.45, 7) is 2.18. The number of fused-ring (bicyclic) bond motifs is 1. The Balaban J connectivity index is 1.98. The largest absolute Gasteiger partial charge is 0.313 e. The molecule has 0 aliphatic carbocycles. The number of hydrogen-bond donors (Lipinski definition) is 1. The molecule has 1 N–H and O–H groups in total. The normalized spacial score (nSPS) is 12.7. The van der Waals surface area contributed by atoms with Crippen molar-refractivity contribution >= 4 is 22.2 Å². The van der Waals surface area contributed by atoms with E-state index in [0.717, 1.165) is 11.9 Å². The van der Waals surface area contributed by atoms with Gasteiger partial charge in [0.05, 0.1) is 5.52 Å². The fourth-order valence-corrected chi connectivity index (χ4v) is 3.55. The molecule has 0 saturated carbocycles. The molecule has 0 aliphatic heterocycles. The number of hydrogen-bond acceptors (Lipinski definition) is 3. The van der Waals surface area contributed by atoms with Crippen molar-refractivity contribution in [1.29, 1.82) is 0 Å². The second kappa shape index (κ2) is 5.73. The number of aryl methyl sites for hydroxylation is 1. The Kier molecular flexibility index (Phi) is 3.81. The van der Waals surface area contributed by atoms with Gasteiger partial charge in [0.1, 0.15) is 0 Å². The minimum atomic E-state index is 0.354. The van der Waals surface area contributed by atoms with Crippen molar-refractivity contribution < 1.29 is 0 Å². The third kappa shape index (κ3) is 2.47. The summed E-state index contributed by atoms with van der Waals surface area (Å²) in [6.07, 6.45) is 2.89. The van der Waals surface area contributed by atoms with Crippen molar-refractivity contribution in [3.8, 4) is 0 Å². The molecule has 1 atom stereocenters. The van der Waals surface area contributed by atoms with Crippen LogP contribution in [0.2, 0.25) is 0 Å². The maximum absolute atomic E-state index is 4.44. The lowest BCUT2D eigenvalue weighted by atomic mass is 9.96. The molecule has 0 amide bonds. The van der Waals surface area contributed by atoms with Gasteiger partial charge in [-0.3, -0.25) is 4.98 Å². The second-order valence-corrected chi connectivity index (χ2v) is 5.79. The zero-order chi connectivity index (χ0) is 13.9. The molecule has 2 aromatic heterocycles. The summed E-state index contributed by atoms with van der Waals surface area (Å²) in [5.74, 6) is 0. The molecule has 0 radical (unpaired) electrons. The van der Waals surface area contributed by atoms with E-state index in [1.165, 1.54) is 22.1 Å². The van der Waals surface area contributed by atoms with E-state index < -0.39 is 0 Å². The smallest absolute Gasteiger partial charge is 0.0704 e. The number of para-hydroxylation sites is 1. The molecule has 0 saturated heterocycles. The zero-order valence-electron chi connectivity index (χ0n) is 11.8. The quantitative estimate of drug-likeness (QED) is 0.779. The Morgan fingerprint density at radius 2 is 2.05 bits per heavy atom. The number of rotatable bonds is 4. The third-order valence-corrected chi connectivity index (χ3v) is 4.66. The molecule has 102 valence electrons. The number of pyridine rings is 1. The van der Waals surface area contributed by atoms with Gasteiger partial charge in [0.15, 0.2) is 0 Å². The summed E-state index contributed by atoms with van der Waals surface area (Å²) in [5, 5.41) is 9.16. The first-order valence-electron chi connectivity index (χ1n) is 6.82. The Bertz CT molecular complexity index is 712. The number of thiophene rings is 1. The highest BCUT2D eigenvalue weighted by atomic mass is 32.1. The highest BCUT2D eigenvalue weighted by molar-refractivity contribution is 7.08. The van der Waals surface area contributed by atoms with Gasteiger partial charge in [-0.25, -0.2) is 0 Å². The molecule has 2 heterocycles. The highest BCUT2D eigenvalue weighted by Crippen LogP contribution is 2.27. The summed E-state index contributed by atoms with van der Waals surface area (Å²) >= 11 is 1.77. The molecule has 3 rings (SSSR count). The lowest BCUT2D eigenvalue weighted by molar-refractivity contribution is 0.593. The number of likely N-dealkylation sites (N-methyl/N-ethyl adjacent to an activating group) is 1. The van der Waals surface area contributed by atoms with Crippen LogP contribution in [0.25, 0.3) is 10.9 Å². The molecule has 3 aromatic rings. The number of nitrogens with one attached hydrogen (secondary N) is 1. The zero-order valence-corrected chi connectivity index (χ0v) is 12.6. The summed E-state index contributed by atoms with van der Waals surface area (Å²) in [6, 6.07) is 10.8. The van der Waals surface area contributed by atoms with Crippen LogP contribution in [0.3, 0.4) is 0 Å². The van der Waals surface area contributed by atoms with Crippen molar-refractivity contribution in [3.05, 3.63) is 64.0 Å². The van der Waals surface area contributed by atoms with Crippen molar-refractivity contribution in [2.24, 2.45) is 0 Å². The van der Waals surface area contributed by atoms with E-state index in [-0.39, 0.29) is 0 Å². The van der Waals surface area contributed by atoms with E-state index in [2.05, 4.69) is 52.3 Å². The van der Waals surface area contributed by atoms with E-state index in [0.29, 0.717) is 6.04 Å². The van der Waals surface area contributed by atoms with Gasteiger partial charge in [-0.15, -0.1) is 0 Å². The first-order valence-corrected chi connectivity index (χ1v) is 7.76. The van der Waals surface area contributed by atoms with Gasteiger partial charge in [-0.2, -0.15) is 11.3 Å². The monoisotopic (exact) mass is 282 g/mol. The maximum atomic E-state index is 4.44. The predicted octanol–water partition coefficient (Wildman–Crippen LogP) is 4.11. The summed E-state index contributed by atoms with van der Waals surface area (Å²) in [7, 11) is 2.03. The average Bonchev–Trinajstić information content (AvgIpc) is 2.91. The van der Waals surface area contributed by atoms with Gasteiger partial charge in [-0.05, 0) is 60.0 Å². The van der Waals surface area contributed by atoms with Crippen LogP contribution in [0.4, 0.5) is 0 Å². The molecule has 1 unspecified atom stereocenters. The van der Waals surface area contributed by atoms with Gasteiger partial charge in [0.25, 0.3) is 0 Å². The SMILES string of the molecule is CNC(Cc1ccnc2ccccc12)c1cscc1C. The molecule has 2 nitrogen and oxygen atoms in total. The average molecular weight is 282 g/mol. The van der Waals surface area contributed by atoms with E-state index >= 15 is 0 Å². The molecular weight excluding hydrogens is 264 g/mol. The standard InChI is InChI=1S/C17H18N2S/c1-12-10-20-11-15(12)17(18-2)9-13-7-8-19-16-6-4-3-5-14(13)16/h3-8,10-11,17-18H,9H2,1-2H3. The molecule has 0 spiro atoms. The van der Waals surface area contributed by atoms with Gasteiger partial charge >= 0.3 is 0 Å². The van der Waals surface area contributed by atoms with Crippen molar-refractivity contribution in [3.63, 3.8) is 0 Å². The van der Waals surface area contributed by atoms with Crippen LogP contribution in [0, 0.1) is 6.92 Å². The topological polar surface area (TPSA) is 24.9 Å². The Morgan fingerprint density at radius 1 is 1.20 bits per heavy atom. The molecule has 3 heteroatoms. The van der Waals surface area contributed by atoms with Crippen LogP contribution in [-0.2, 0) is 6.42 Å². The molecular formula is C17H18N2S. The van der Waals surface area contributed by atoms with E-state index in [1.807, 2.05) is 19.3 Å². The van der Waals surface area contributed by atoms with Crippen LogP contribution in [0.5, 0.6) is 0 Å². The predicted molar refractivity (Wildman–Crippen MR) is 86.3 cm³/mol. The lowest BCUT2D eigenvalue weighted by Gasteiger charge is -2.17. The van der Waals surface area contributed by atoms with Crippen molar-refractivity contribution in [2.75, 3.05) is 7.05 Å². The van der Waals surface area contributed by atoms with Crippen LogP contribution in [0.15, 0.2) is 47.3 Å². The molecule has 20 heavy (non-hydrogen) atoms. The number of nitrogens with zero attached hydrogens (tertiary/aromatic N) is 1. The van der Waals surface area contributed by atoms with Crippen LogP contribution in [-0.4, -0.2) is 12.0 Å². The third-order valence-electron chi connectivity index (χ3n) is 3.78. The Labute approximate surface area is 123 Å². The van der Waals surface area contributed by atoms with Gasteiger partial charge in [-0.1, -0.05) is 18.2 Å². The second-order valence-electron chi connectivity index (χ2n) is 5.04. The van der Waals surface area contributed by atoms with Gasteiger partial charge in [0, 0.05) is 17.6 Å². The summed E-state index contributed by atoms with van der Waals surface area (Å²) < 4.78 is 0. The lowest BCUT2D eigenvalue weighted by Crippen LogP contribution is -2.19. The van der Waals surface area contributed by atoms with E-state index in [1.54, 1.807) is 11.3 Å². The molecule has 0 bridgehead atoms. The van der Waals surface area contributed by atoms with Crippen LogP contribution in [0.1, 0.15) is 22.7 Å². The van der Waals surface area contributed by atoms with Gasteiger partial charge in [0.2, 0.25) is 0 Å². The fourth-order valence-electron chi connectivity index (χ4n) is 2.65. The first-order chi connectivity index (χ1) is 9.79. The van der Waals surface area contributed by atoms with Crippen LogP contribution < -0.4 is 5.32 Å². The molecule has 1 aromatic carbocycles. The fraction of sp³-hybridized carbons (Fsp3) is 0.235. The van der Waals surface area contributed by atoms with Crippen LogP contribution >= 0.6 is 11.3 Å². The highest BCUT2D eigenvalue weighted by Gasteiger charge is 2.14. The van der Waals surface area contributed by atoms with Crippen molar-refractivity contribution in [1.82, 2.24) is 10.3 Å². The number of benzene rings is 1. The van der Waals surface area contributed by atoms with E-state index in [4.69, 9.17) is 0 Å². The molecule has 0 fully saturated rings. The Hall–Kier alpha value is -1.71. The molecule has 0 aliphatic rings. The summed E-state index contributed by atoms with van der Waals surface area (Å²) in [4.78, 5) is 4.44. The summed E-state index contributed by atoms with van der Waals surface area (Å²) in [5.41, 5.74) is 5.19. The first kappa shape index (κ1) is 13.3. The van der Waals surface area contributed by atoms with Gasteiger partial charge < -0.3 is 5.32 Å². The minimum Gasteiger partial charge on any atom is -0.313 e. The Morgan fingerprint density at radius 3 is 2.80 bits per heavy atom. The number of aromatic nitrogens is 1. The maximum Gasteiger partial charge on any atom is 0.0704 e. The van der Waals surface area contributed by atoms with E-state index in [9.17, 15) is 0 Å². The minimum absolute atomic E-state index is 0.354.